The number of amides is 2. The number of carbonyl (C=O) groups excluding carboxylic acids is 2. The third-order valence-electron chi connectivity index (χ3n) is 5.22. The van der Waals surface area contributed by atoms with E-state index >= 15 is 0 Å². The molecule has 2 aromatic rings. The maximum absolute atomic E-state index is 12.7. The minimum absolute atomic E-state index is 0.0326. The largest absolute Gasteiger partial charge is 0.497 e. The van der Waals surface area contributed by atoms with Crippen LogP contribution < -0.4 is 20.3 Å². The van der Waals surface area contributed by atoms with Gasteiger partial charge >= 0.3 is 0 Å². The molecule has 1 aliphatic rings. The van der Waals surface area contributed by atoms with Crippen LogP contribution in [0.2, 0.25) is 0 Å². The number of sulfonamides is 1. The van der Waals surface area contributed by atoms with Gasteiger partial charge in [-0.2, -0.15) is 0 Å². The molecule has 0 aromatic heterocycles. The van der Waals surface area contributed by atoms with Crippen LogP contribution in [0.5, 0.6) is 5.75 Å². The Morgan fingerprint density at radius 1 is 1.12 bits per heavy atom. The summed E-state index contributed by atoms with van der Waals surface area (Å²) in [5, 5.41) is 0. The van der Waals surface area contributed by atoms with Gasteiger partial charge in [-0.05, 0) is 68.7 Å². The number of hydrogen-bond acceptors (Lipinski definition) is 7. The Bertz CT molecular complexity index is 1080. The van der Waals surface area contributed by atoms with Crippen molar-refractivity contribution in [2.75, 3.05) is 25.0 Å². The zero-order valence-corrected chi connectivity index (χ0v) is 19.9. The highest BCUT2D eigenvalue weighted by Gasteiger charge is 2.20. The number of methoxy groups -OCH3 is 1. The minimum atomic E-state index is -3.94. The van der Waals surface area contributed by atoms with E-state index in [4.69, 9.17) is 14.2 Å². The van der Waals surface area contributed by atoms with E-state index in [2.05, 4.69) is 15.6 Å². The standard InChI is InChI=1S/C23H29N3O7S/c1-16(33-15-20-7-3-4-13-32-20)22(27)24-25-23(28)17-6-5-8-21(14-17)34(29,30)26-18-9-11-19(31-2)12-10-18/h5-6,8-12,14,16,20,26H,3-4,7,13,15H2,1-2H3,(H,24,27)(H,25,28). The highest BCUT2D eigenvalue weighted by atomic mass is 32.2. The number of ether oxygens (including phenoxy) is 3. The van der Waals surface area contributed by atoms with Crippen molar-refractivity contribution in [3.63, 3.8) is 0 Å². The fraction of sp³-hybridized carbons (Fsp3) is 0.391. The lowest BCUT2D eigenvalue weighted by molar-refractivity contribution is -0.136. The molecule has 2 unspecified atom stereocenters. The zero-order valence-electron chi connectivity index (χ0n) is 19.1. The van der Waals surface area contributed by atoms with Crippen molar-refractivity contribution in [2.45, 2.75) is 43.3 Å². The van der Waals surface area contributed by atoms with Gasteiger partial charge in [0.25, 0.3) is 21.8 Å². The number of nitrogens with one attached hydrogen (secondary N) is 3. The first kappa shape index (κ1) is 25.5. The Morgan fingerprint density at radius 3 is 2.56 bits per heavy atom. The molecule has 2 atom stereocenters. The van der Waals surface area contributed by atoms with Crippen LogP contribution in [-0.4, -0.2) is 52.8 Å². The lowest BCUT2D eigenvalue weighted by Crippen LogP contribution is -2.46. The van der Waals surface area contributed by atoms with Crippen molar-refractivity contribution >= 4 is 27.5 Å². The van der Waals surface area contributed by atoms with E-state index in [1.165, 1.54) is 31.4 Å². The van der Waals surface area contributed by atoms with Crippen LogP contribution in [0.4, 0.5) is 5.69 Å². The van der Waals surface area contributed by atoms with E-state index in [0.29, 0.717) is 24.7 Å². The molecule has 3 N–H and O–H groups in total. The monoisotopic (exact) mass is 491 g/mol. The van der Waals surface area contributed by atoms with Crippen molar-refractivity contribution in [3.8, 4) is 5.75 Å². The average molecular weight is 492 g/mol. The predicted molar refractivity (Wildman–Crippen MR) is 125 cm³/mol. The molecular weight excluding hydrogens is 462 g/mol. The second-order valence-electron chi connectivity index (χ2n) is 7.77. The first-order chi connectivity index (χ1) is 16.3. The smallest absolute Gasteiger partial charge is 0.269 e. The Morgan fingerprint density at radius 2 is 1.88 bits per heavy atom. The minimum Gasteiger partial charge on any atom is -0.497 e. The highest BCUT2D eigenvalue weighted by molar-refractivity contribution is 7.92. The second-order valence-corrected chi connectivity index (χ2v) is 9.45. The summed E-state index contributed by atoms with van der Waals surface area (Å²) in [5.74, 6) is -0.613. The first-order valence-corrected chi connectivity index (χ1v) is 12.4. The Kier molecular flexibility index (Phi) is 8.85. The average Bonchev–Trinajstić information content (AvgIpc) is 2.86. The van der Waals surface area contributed by atoms with Gasteiger partial charge in [-0.15, -0.1) is 0 Å². The van der Waals surface area contributed by atoms with Gasteiger partial charge in [-0.3, -0.25) is 25.2 Å². The lowest BCUT2D eigenvalue weighted by Gasteiger charge is -2.23. The molecular formula is C23H29N3O7S. The van der Waals surface area contributed by atoms with Gasteiger partial charge in [0.1, 0.15) is 11.9 Å². The SMILES string of the molecule is COc1ccc(NS(=O)(=O)c2cccc(C(=O)NNC(=O)C(C)OCC3CCCCO3)c2)cc1. The number of hydrogen-bond donors (Lipinski definition) is 3. The molecule has 1 aliphatic heterocycles. The topological polar surface area (TPSA) is 132 Å². The summed E-state index contributed by atoms with van der Waals surface area (Å²) < 4.78 is 44.0. The van der Waals surface area contributed by atoms with E-state index in [1.54, 1.807) is 31.2 Å². The summed E-state index contributed by atoms with van der Waals surface area (Å²) in [6.45, 7) is 2.56. The molecule has 1 saturated heterocycles. The molecule has 0 saturated carbocycles. The van der Waals surface area contributed by atoms with Crippen molar-refractivity contribution in [1.29, 1.82) is 0 Å². The van der Waals surface area contributed by atoms with E-state index < -0.39 is 27.9 Å². The van der Waals surface area contributed by atoms with Crippen LogP contribution in [0.1, 0.15) is 36.5 Å². The molecule has 2 aromatic carbocycles. The molecule has 3 rings (SSSR count). The number of carbonyl (C=O) groups is 2. The number of anilines is 1. The summed E-state index contributed by atoms with van der Waals surface area (Å²) in [5.41, 5.74) is 4.98. The van der Waals surface area contributed by atoms with Crippen molar-refractivity contribution in [2.24, 2.45) is 0 Å². The summed E-state index contributed by atoms with van der Waals surface area (Å²) in [6.07, 6.45) is 2.15. The summed E-state index contributed by atoms with van der Waals surface area (Å²) in [6, 6.07) is 11.8. The van der Waals surface area contributed by atoms with E-state index in [9.17, 15) is 18.0 Å². The van der Waals surface area contributed by atoms with Gasteiger partial charge in [0.2, 0.25) is 0 Å². The lowest BCUT2D eigenvalue weighted by atomic mass is 10.1. The molecule has 10 nitrogen and oxygen atoms in total. The summed E-state index contributed by atoms with van der Waals surface area (Å²) >= 11 is 0. The van der Waals surface area contributed by atoms with Crippen molar-refractivity contribution in [1.82, 2.24) is 10.9 Å². The second kappa shape index (κ2) is 11.8. The molecule has 0 spiro atoms. The predicted octanol–water partition coefficient (Wildman–Crippen LogP) is 2.23. The van der Waals surface area contributed by atoms with Crippen molar-refractivity contribution < 1.29 is 32.2 Å². The number of benzene rings is 2. The van der Waals surface area contributed by atoms with E-state index in [0.717, 1.165) is 19.3 Å². The maximum Gasteiger partial charge on any atom is 0.269 e. The fourth-order valence-electron chi connectivity index (χ4n) is 3.24. The quantitative estimate of drug-likeness (QED) is 0.458. The van der Waals surface area contributed by atoms with Crippen LogP contribution in [0, 0.1) is 0 Å². The fourth-order valence-corrected chi connectivity index (χ4v) is 4.34. The molecule has 0 aliphatic carbocycles. The molecule has 1 fully saturated rings. The van der Waals surface area contributed by atoms with Gasteiger partial charge in [0.05, 0.1) is 24.7 Å². The molecule has 11 heteroatoms. The van der Waals surface area contributed by atoms with Gasteiger partial charge in [0, 0.05) is 17.9 Å². The van der Waals surface area contributed by atoms with Gasteiger partial charge in [-0.25, -0.2) is 8.42 Å². The molecule has 184 valence electrons. The zero-order chi connectivity index (χ0) is 24.6. The highest BCUT2D eigenvalue weighted by Crippen LogP contribution is 2.20. The van der Waals surface area contributed by atoms with E-state index in [-0.39, 0.29) is 16.6 Å². The summed E-state index contributed by atoms with van der Waals surface area (Å²) in [7, 11) is -2.43. The van der Waals surface area contributed by atoms with Crippen LogP contribution in [0.3, 0.4) is 0 Å². The van der Waals surface area contributed by atoms with Crippen LogP contribution >= 0.6 is 0 Å². The number of hydrazine groups is 1. The maximum atomic E-state index is 12.7. The van der Waals surface area contributed by atoms with Crippen molar-refractivity contribution in [3.05, 3.63) is 54.1 Å². The molecule has 0 bridgehead atoms. The van der Waals surface area contributed by atoms with Crippen LogP contribution in [0.25, 0.3) is 0 Å². The molecule has 1 heterocycles. The molecule has 0 radical (unpaired) electrons. The van der Waals surface area contributed by atoms with Gasteiger partial charge in [-0.1, -0.05) is 6.07 Å². The van der Waals surface area contributed by atoms with Gasteiger partial charge in [0.15, 0.2) is 0 Å². The Labute approximate surface area is 199 Å². The van der Waals surface area contributed by atoms with Crippen LogP contribution in [-0.2, 0) is 24.3 Å². The number of rotatable bonds is 9. The van der Waals surface area contributed by atoms with E-state index in [1.807, 2.05) is 0 Å². The Hall–Kier alpha value is -3.15. The third kappa shape index (κ3) is 7.17. The van der Waals surface area contributed by atoms with Gasteiger partial charge < -0.3 is 14.2 Å². The Balaban J connectivity index is 1.54. The molecule has 34 heavy (non-hydrogen) atoms. The van der Waals surface area contributed by atoms with Crippen LogP contribution in [0.15, 0.2) is 53.4 Å². The molecule has 2 amide bonds. The normalized spacial score (nSPS) is 16.8. The third-order valence-corrected chi connectivity index (χ3v) is 6.60. The first-order valence-electron chi connectivity index (χ1n) is 10.9. The summed E-state index contributed by atoms with van der Waals surface area (Å²) in [4.78, 5) is 24.6.